The summed E-state index contributed by atoms with van der Waals surface area (Å²) in [5.41, 5.74) is 1.91. The first-order valence-electron chi connectivity index (χ1n) is 9.40. The zero-order chi connectivity index (χ0) is 19.4. The summed E-state index contributed by atoms with van der Waals surface area (Å²) in [5, 5.41) is 3.59. The van der Waals surface area contributed by atoms with E-state index in [-0.39, 0.29) is 17.4 Å². The zero-order valence-corrected chi connectivity index (χ0v) is 17.8. The summed E-state index contributed by atoms with van der Waals surface area (Å²) in [5.74, 6) is -0.0387. The van der Waals surface area contributed by atoms with E-state index < -0.39 is 0 Å². The Bertz CT molecular complexity index is 869. The molecule has 1 aliphatic carbocycles. The van der Waals surface area contributed by atoms with E-state index in [1.165, 1.54) is 12.8 Å². The van der Waals surface area contributed by atoms with Crippen LogP contribution in [-0.2, 0) is 11.3 Å². The van der Waals surface area contributed by atoms with Crippen molar-refractivity contribution in [3.8, 4) is 0 Å². The van der Waals surface area contributed by atoms with Crippen LogP contribution in [-0.4, -0.2) is 10.5 Å². The molecule has 4 nitrogen and oxygen atoms in total. The second-order valence-electron chi connectivity index (χ2n) is 7.21. The Kier molecular flexibility index (Phi) is 6.77. The molecule has 1 aliphatic rings. The number of aromatic nitrogens is 1. The Morgan fingerprint density at radius 1 is 1.19 bits per heavy atom. The summed E-state index contributed by atoms with van der Waals surface area (Å²) < 4.78 is 2.41. The molecule has 0 radical (unpaired) electrons. The van der Waals surface area contributed by atoms with Crippen LogP contribution in [0.3, 0.4) is 0 Å². The molecule has 3 rings (SSSR count). The molecule has 144 valence electrons. The number of rotatable bonds is 4. The molecular weight excluding hydrogens is 428 g/mol. The van der Waals surface area contributed by atoms with Crippen molar-refractivity contribution in [3.63, 3.8) is 0 Å². The number of benzene rings is 1. The highest BCUT2D eigenvalue weighted by atomic mass is 79.9. The summed E-state index contributed by atoms with van der Waals surface area (Å²) in [6.07, 6.45) is 8.11. The van der Waals surface area contributed by atoms with Crippen molar-refractivity contribution in [2.45, 2.75) is 52.0 Å². The summed E-state index contributed by atoms with van der Waals surface area (Å²) in [4.78, 5) is 25.8. The third-order valence-electron chi connectivity index (χ3n) is 5.22. The first-order valence-corrected chi connectivity index (χ1v) is 10.6. The number of anilines is 1. The zero-order valence-electron chi connectivity index (χ0n) is 15.4. The average Bonchev–Trinajstić information content (AvgIpc) is 2.94. The van der Waals surface area contributed by atoms with Gasteiger partial charge in [0.15, 0.2) is 0 Å². The second kappa shape index (κ2) is 9.07. The number of amides is 1. The topological polar surface area (TPSA) is 51.1 Å². The highest BCUT2D eigenvalue weighted by Gasteiger charge is 2.22. The first kappa shape index (κ1) is 20.2. The van der Waals surface area contributed by atoms with Gasteiger partial charge in [-0.05, 0) is 59.0 Å². The van der Waals surface area contributed by atoms with E-state index in [2.05, 4.69) is 21.2 Å². The maximum atomic E-state index is 13.0. The molecule has 0 unspecified atom stereocenters. The Hall–Kier alpha value is -1.59. The quantitative estimate of drug-likeness (QED) is 0.621. The van der Waals surface area contributed by atoms with E-state index in [4.69, 9.17) is 11.6 Å². The number of carbonyl (C=O) groups is 1. The molecule has 0 aliphatic heterocycles. The lowest BCUT2D eigenvalue weighted by Gasteiger charge is -2.17. The molecule has 2 aromatic rings. The van der Waals surface area contributed by atoms with E-state index >= 15 is 0 Å². The smallest absolute Gasteiger partial charge is 0.274 e. The summed E-state index contributed by atoms with van der Waals surface area (Å²) in [6, 6.07) is 7.40. The van der Waals surface area contributed by atoms with Crippen LogP contribution in [0.5, 0.6) is 0 Å². The van der Waals surface area contributed by atoms with Gasteiger partial charge in [0.25, 0.3) is 5.56 Å². The molecule has 1 amide bonds. The third kappa shape index (κ3) is 5.02. The van der Waals surface area contributed by atoms with Gasteiger partial charge >= 0.3 is 0 Å². The fourth-order valence-electron chi connectivity index (χ4n) is 3.53. The molecule has 0 atom stereocenters. The number of hydrogen-bond acceptors (Lipinski definition) is 2. The molecule has 1 fully saturated rings. The van der Waals surface area contributed by atoms with Crippen molar-refractivity contribution in [3.05, 3.63) is 61.4 Å². The van der Waals surface area contributed by atoms with E-state index in [1.54, 1.807) is 22.9 Å². The van der Waals surface area contributed by atoms with Crippen molar-refractivity contribution in [1.82, 2.24) is 4.57 Å². The van der Waals surface area contributed by atoms with Crippen molar-refractivity contribution in [1.29, 1.82) is 0 Å². The van der Waals surface area contributed by atoms with E-state index in [0.717, 1.165) is 41.3 Å². The van der Waals surface area contributed by atoms with Gasteiger partial charge in [0.2, 0.25) is 5.91 Å². The van der Waals surface area contributed by atoms with E-state index in [1.807, 2.05) is 19.1 Å². The minimum absolute atomic E-state index is 0.00463. The summed E-state index contributed by atoms with van der Waals surface area (Å²) in [6.45, 7) is 2.27. The lowest BCUT2D eigenvalue weighted by Crippen LogP contribution is -2.30. The van der Waals surface area contributed by atoms with Gasteiger partial charge in [-0.15, -0.1) is 0 Å². The lowest BCUT2D eigenvalue weighted by atomic mass is 9.99. The van der Waals surface area contributed by atoms with Crippen molar-refractivity contribution >= 4 is 39.1 Å². The molecule has 1 aromatic carbocycles. The molecule has 1 N–H and O–H groups in total. The molecule has 0 spiro atoms. The van der Waals surface area contributed by atoms with Gasteiger partial charge in [-0.1, -0.05) is 49.4 Å². The Labute approximate surface area is 173 Å². The Balaban J connectivity index is 1.86. The van der Waals surface area contributed by atoms with Gasteiger partial charge < -0.3 is 9.88 Å². The number of nitrogens with one attached hydrogen (secondary N) is 1. The van der Waals surface area contributed by atoms with Gasteiger partial charge in [-0.3, -0.25) is 9.59 Å². The number of hydrogen-bond donors (Lipinski definition) is 1. The fourth-order valence-corrected chi connectivity index (χ4v) is 4.11. The lowest BCUT2D eigenvalue weighted by molar-refractivity contribution is -0.120. The third-order valence-corrected chi connectivity index (χ3v) is 6.27. The van der Waals surface area contributed by atoms with Gasteiger partial charge in [0, 0.05) is 21.6 Å². The molecule has 0 bridgehead atoms. The van der Waals surface area contributed by atoms with Crippen LogP contribution in [0, 0.1) is 12.8 Å². The molecule has 1 saturated carbocycles. The average molecular weight is 452 g/mol. The largest absolute Gasteiger partial charge is 0.321 e. The number of nitrogens with zero attached hydrogens (tertiary/aromatic N) is 1. The van der Waals surface area contributed by atoms with Crippen LogP contribution in [0.25, 0.3) is 0 Å². The molecule has 27 heavy (non-hydrogen) atoms. The van der Waals surface area contributed by atoms with Crippen LogP contribution < -0.4 is 10.9 Å². The number of pyridine rings is 1. The molecular formula is C21H24BrClN2O2. The van der Waals surface area contributed by atoms with Crippen molar-refractivity contribution in [2.24, 2.45) is 5.92 Å². The van der Waals surface area contributed by atoms with Crippen LogP contribution in [0.1, 0.15) is 49.7 Å². The fraction of sp³-hybridized carbons (Fsp3) is 0.429. The molecule has 6 heteroatoms. The minimum atomic E-state index is -0.187. The highest BCUT2D eigenvalue weighted by molar-refractivity contribution is 9.10. The molecule has 1 aromatic heterocycles. The number of halogens is 2. The van der Waals surface area contributed by atoms with Crippen molar-refractivity contribution < 1.29 is 4.79 Å². The minimum Gasteiger partial charge on any atom is -0.321 e. The van der Waals surface area contributed by atoms with Crippen LogP contribution >= 0.6 is 27.5 Å². The maximum absolute atomic E-state index is 13.0. The Morgan fingerprint density at radius 3 is 2.44 bits per heavy atom. The van der Waals surface area contributed by atoms with Crippen LogP contribution in [0.4, 0.5) is 5.69 Å². The predicted molar refractivity (Wildman–Crippen MR) is 114 cm³/mol. The standard InChI is InChI=1S/C21H24BrClN2O2/c1-14-18(22)13-25(12-15-8-10-17(23)11-9-15)21(27)19(14)24-20(26)16-6-4-2-3-5-7-16/h8-11,13,16H,2-7,12H2,1H3,(H,24,26). The van der Waals surface area contributed by atoms with Crippen LogP contribution in [0.2, 0.25) is 5.02 Å². The normalized spacial score (nSPS) is 15.4. The molecule has 1 heterocycles. The van der Waals surface area contributed by atoms with E-state index in [0.29, 0.717) is 17.3 Å². The summed E-state index contributed by atoms with van der Waals surface area (Å²) >= 11 is 9.46. The first-order chi connectivity index (χ1) is 13.0. The second-order valence-corrected chi connectivity index (χ2v) is 8.51. The van der Waals surface area contributed by atoms with Crippen molar-refractivity contribution in [2.75, 3.05) is 5.32 Å². The summed E-state index contributed by atoms with van der Waals surface area (Å²) in [7, 11) is 0. The maximum Gasteiger partial charge on any atom is 0.274 e. The molecule has 0 saturated heterocycles. The SMILES string of the molecule is Cc1c(Br)cn(Cc2ccc(Cl)cc2)c(=O)c1NC(=O)C1CCCCCC1. The monoisotopic (exact) mass is 450 g/mol. The Morgan fingerprint density at radius 2 is 1.81 bits per heavy atom. The van der Waals surface area contributed by atoms with E-state index in [9.17, 15) is 9.59 Å². The van der Waals surface area contributed by atoms with Gasteiger partial charge in [0.05, 0.1) is 6.54 Å². The van der Waals surface area contributed by atoms with Gasteiger partial charge in [0.1, 0.15) is 5.69 Å². The predicted octanol–water partition coefficient (Wildman–Crippen LogP) is 5.53. The highest BCUT2D eigenvalue weighted by Crippen LogP contribution is 2.26. The number of carbonyl (C=O) groups excluding carboxylic acids is 1. The van der Waals surface area contributed by atoms with Gasteiger partial charge in [-0.2, -0.15) is 0 Å². The van der Waals surface area contributed by atoms with Gasteiger partial charge in [-0.25, -0.2) is 0 Å². The van der Waals surface area contributed by atoms with Crippen LogP contribution in [0.15, 0.2) is 39.7 Å².